The minimum absolute atomic E-state index is 0.0959. The van der Waals surface area contributed by atoms with Crippen molar-refractivity contribution in [2.45, 2.75) is 50.1 Å². The third kappa shape index (κ3) is 1.38. The summed E-state index contributed by atoms with van der Waals surface area (Å²) in [6.07, 6.45) is 6.07. The molecule has 0 radical (unpaired) electrons. The fraction of sp³-hybridized carbons (Fsp3) is 0.818. The summed E-state index contributed by atoms with van der Waals surface area (Å²) in [6, 6.07) is 0.521. The lowest BCUT2D eigenvalue weighted by Gasteiger charge is -2.35. The summed E-state index contributed by atoms with van der Waals surface area (Å²) in [5, 5.41) is 7.49. The van der Waals surface area contributed by atoms with E-state index < -0.39 is 0 Å². The zero-order chi connectivity index (χ0) is 11.0. The maximum Gasteiger partial charge on any atom is 0.234 e. The van der Waals surface area contributed by atoms with Crippen LogP contribution in [0.4, 0.5) is 0 Å². The Morgan fingerprint density at radius 1 is 1.44 bits per heavy atom. The van der Waals surface area contributed by atoms with Gasteiger partial charge < -0.3 is 15.6 Å². The number of fused-ring (bicyclic) bond motifs is 1. The molecule has 16 heavy (non-hydrogen) atoms. The van der Waals surface area contributed by atoms with Crippen molar-refractivity contribution in [3.63, 3.8) is 0 Å². The van der Waals surface area contributed by atoms with Gasteiger partial charge in [-0.2, -0.15) is 4.98 Å². The molecule has 5 nitrogen and oxygen atoms in total. The van der Waals surface area contributed by atoms with Crippen LogP contribution in [-0.2, 0) is 12.0 Å². The van der Waals surface area contributed by atoms with Crippen LogP contribution in [0.1, 0.15) is 43.8 Å². The molecule has 3 rings (SSSR count). The van der Waals surface area contributed by atoms with Crippen LogP contribution in [0.5, 0.6) is 0 Å². The minimum atomic E-state index is 0.0959. The number of nitrogens with two attached hydrogens (primary N) is 1. The van der Waals surface area contributed by atoms with E-state index in [4.69, 9.17) is 10.3 Å². The molecule has 0 spiro atoms. The Bertz CT molecular complexity index is 378. The van der Waals surface area contributed by atoms with E-state index in [9.17, 15) is 0 Å². The quantitative estimate of drug-likeness (QED) is 0.770. The lowest BCUT2D eigenvalue weighted by atomic mass is 9.70. The van der Waals surface area contributed by atoms with Gasteiger partial charge >= 0.3 is 0 Å². The van der Waals surface area contributed by atoms with Gasteiger partial charge in [-0.1, -0.05) is 18.0 Å². The Morgan fingerprint density at radius 2 is 2.38 bits per heavy atom. The van der Waals surface area contributed by atoms with Gasteiger partial charge in [0.25, 0.3) is 0 Å². The molecule has 1 aliphatic heterocycles. The number of rotatable bonds is 2. The molecule has 2 atom stereocenters. The largest absolute Gasteiger partial charge is 0.339 e. The first-order valence-corrected chi connectivity index (χ1v) is 6.12. The third-order valence-corrected chi connectivity index (χ3v) is 4.07. The predicted molar refractivity (Wildman–Crippen MR) is 58.7 cm³/mol. The zero-order valence-corrected chi connectivity index (χ0v) is 9.41. The lowest BCUT2D eigenvalue weighted by Crippen LogP contribution is -2.43. The van der Waals surface area contributed by atoms with Crippen molar-refractivity contribution < 1.29 is 4.52 Å². The summed E-state index contributed by atoms with van der Waals surface area (Å²) in [4.78, 5) is 4.44. The molecule has 1 saturated heterocycles. The van der Waals surface area contributed by atoms with Gasteiger partial charge in [-0.15, -0.1) is 0 Å². The average Bonchev–Trinajstić information content (AvgIpc) is 2.96. The summed E-state index contributed by atoms with van der Waals surface area (Å²) in [6.45, 7) is 1.42. The fourth-order valence-electron chi connectivity index (χ4n) is 3.21. The van der Waals surface area contributed by atoms with Gasteiger partial charge in [0.15, 0.2) is 5.82 Å². The number of hydrogen-bond donors (Lipinski definition) is 2. The highest BCUT2D eigenvalue weighted by atomic mass is 16.5. The highest BCUT2D eigenvalue weighted by molar-refractivity contribution is 5.16. The van der Waals surface area contributed by atoms with E-state index >= 15 is 0 Å². The van der Waals surface area contributed by atoms with Gasteiger partial charge in [0, 0.05) is 6.04 Å². The van der Waals surface area contributed by atoms with Crippen molar-refractivity contribution >= 4 is 0 Å². The summed E-state index contributed by atoms with van der Waals surface area (Å²) >= 11 is 0. The molecule has 2 fully saturated rings. The van der Waals surface area contributed by atoms with Gasteiger partial charge in [0.2, 0.25) is 5.89 Å². The Hall–Kier alpha value is -0.940. The van der Waals surface area contributed by atoms with E-state index in [1.54, 1.807) is 0 Å². The van der Waals surface area contributed by atoms with E-state index in [1.807, 2.05) is 0 Å². The van der Waals surface area contributed by atoms with Crippen LogP contribution in [0.2, 0.25) is 0 Å². The fourth-order valence-corrected chi connectivity index (χ4v) is 3.21. The molecule has 1 aliphatic carbocycles. The number of aromatic nitrogens is 2. The molecule has 0 unspecified atom stereocenters. The minimum Gasteiger partial charge on any atom is -0.339 e. The molecule has 3 N–H and O–H groups in total. The van der Waals surface area contributed by atoms with Crippen molar-refractivity contribution in [2.24, 2.45) is 5.73 Å². The van der Waals surface area contributed by atoms with Crippen molar-refractivity contribution in [2.75, 3.05) is 6.54 Å². The van der Waals surface area contributed by atoms with Crippen molar-refractivity contribution in [1.82, 2.24) is 15.5 Å². The molecular formula is C11H18N4O. The van der Waals surface area contributed by atoms with E-state index in [0.29, 0.717) is 18.4 Å². The highest BCUT2D eigenvalue weighted by Gasteiger charge is 2.49. The second-order valence-corrected chi connectivity index (χ2v) is 4.88. The maximum absolute atomic E-state index is 5.53. The smallest absolute Gasteiger partial charge is 0.234 e. The molecular weight excluding hydrogens is 204 g/mol. The first-order chi connectivity index (χ1) is 7.85. The van der Waals surface area contributed by atoms with E-state index in [-0.39, 0.29) is 5.41 Å². The molecule has 0 aromatic carbocycles. The summed E-state index contributed by atoms with van der Waals surface area (Å²) in [5.41, 5.74) is 5.62. The van der Waals surface area contributed by atoms with Gasteiger partial charge in [-0.25, -0.2) is 0 Å². The first kappa shape index (κ1) is 10.2. The van der Waals surface area contributed by atoms with Gasteiger partial charge in [0.1, 0.15) is 0 Å². The van der Waals surface area contributed by atoms with Gasteiger partial charge in [-0.3, -0.25) is 0 Å². The Kier molecular flexibility index (Phi) is 2.44. The monoisotopic (exact) mass is 222 g/mol. The molecule has 2 heterocycles. The molecule has 0 bridgehead atoms. The SMILES string of the molecule is NCc1noc([C@@]23CCCC[C@@H]2NCC3)n1. The first-order valence-electron chi connectivity index (χ1n) is 6.12. The lowest BCUT2D eigenvalue weighted by molar-refractivity contribution is 0.199. The number of hydrogen-bond acceptors (Lipinski definition) is 5. The second-order valence-electron chi connectivity index (χ2n) is 4.88. The van der Waals surface area contributed by atoms with Crippen LogP contribution in [0, 0.1) is 0 Å². The van der Waals surface area contributed by atoms with Crippen molar-refractivity contribution in [3.8, 4) is 0 Å². The summed E-state index contributed by atoms with van der Waals surface area (Å²) < 4.78 is 5.42. The Morgan fingerprint density at radius 3 is 3.19 bits per heavy atom. The molecule has 1 aromatic heterocycles. The Balaban J connectivity index is 1.95. The van der Waals surface area contributed by atoms with E-state index in [2.05, 4.69) is 15.5 Å². The average molecular weight is 222 g/mol. The second kappa shape index (κ2) is 3.82. The number of nitrogens with one attached hydrogen (secondary N) is 1. The van der Waals surface area contributed by atoms with Crippen molar-refractivity contribution in [1.29, 1.82) is 0 Å². The molecule has 88 valence electrons. The molecule has 1 aromatic rings. The van der Waals surface area contributed by atoms with Crippen molar-refractivity contribution in [3.05, 3.63) is 11.7 Å². The van der Waals surface area contributed by atoms with E-state index in [0.717, 1.165) is 25.3 Å². The third-order valence-electron chi connectivity index (χ3n) is 4.07. The highest BCUT2D eigenvalue weighted by Crippen LogP contribution is 2.44. The number of nitrogens with zero attached hydrogens (tertiary/aromatic N) is 2. The maximum atomic E-state index is 5.53. The van der Waals surface area contributed by atoms with Crippen LogP contribution < -0.4 is 11.1 Å². The van der Waals surface area contributed by atoms with Crippen LogP contribution >= 0.6 is 0 Å². The topological polar surface area (TPSA) is 77.0 Å². The molecule has 0 amide bonds. The molecule has 5 heteroatoms. The molecule has 2 aliphatic rings. The Labute approximate surface area is 94.8 Å². The van der Waals surface area contributed by atoms with Crippen LogP contribution in [0.3, 0.4) is 0 Å². The van der Waals surface area contributed by atoms with Gasteiger partial charge in [0.05, 0.1) is 12.0 Å². The molecule has 1 saturated carbocycles. The van der Waals surface area contributed by atoms with Crippen LogP contribution in [0.15, 0.2) is 4.52 Å². The normalized spacial score (nSPS) is 33.9. The zero-order valence-electron chi connectivity index (χ0n) is 9.41. The van der Waals surface area contributed by atoms with Crippen LogP contribution in [-0.4, -0.2) is 22.7 Å². The predicted octanol–water partition coefficient (Wildman–Crippen LogP) is 0.702. The van der Waals surface area contributed by atoms with Gasteiger partial charge in [-0.05, 0) is 25.8 Å². The van der Waals surface area contributed by atoms with E-state index in [1.165, 1.54) is 19.3 Å². The summed E-state index contributed by atoms with van der Waals surface area (Å²) in [5.74, 6) is 1.43. The summed E-state index contributed by atoms with van der Waals surface area (Å²) in [7, 11) is 0. The standard InChI is InChI=1S/C11H18N4O/c12-7-9-14-10(16-15-9)11-4-2-1-3-8(11)13-6-5-11/h8,13H,1-7,12H2/t8-,11+/m0/s1. The van der Waals surface area contributed by atoms with Crippen LogP contribution in [0.25, 0.3) is 0 Å².